The summed E-state index contributed by atoms with van der Waals surface area (Å²) in [7, 11) is 0. The zero-order valence-corrected chi connectivity index (χ0v) is 10.4. The van der Waals surface area contributed by atoms with Crippen LogP contribution in [0.3, 0.4) is 0 Å². The lowest BCUT2D eigenvalue weighted by molar-refractivity contribution is -0.419. The first-order chi connectivity index (χ1) is 9.11. The van der Waals surface area contributed by atoms with E-state index in [4.69, 9.17) is 4.74 Å². The van der Waals surface area contributed by atoms with E-state index in [0.29, 0.717) is 24.6 Å². The first-order valence-corrected chi connectivity index (χ1v) is 5.88. The molecule has 2 rings (SSSR count). The van der Waals surface area contributed by atoms with Gasteiger partial charge in [0.15, 0.2) is 0 Å². The monoisotopic (exact) mass is 263 g/mol. The van der Waals surface area contributed by atoms with Crippen molar-refractivity contribution in [1.29, 1.82) is 0 Å². The lowest BCUT2D eigenvalue weighted by atomic mass is 10.3. The Balaban J connectivity index is 2.16. The summed E-state index contributed by atoms with van der Waals surface area (Å²) in [6, 6.07) is 0. The summed E-state index contributed by atoms with van der Waals surface area (Å²) in [4.78, 5) is 22.0. The molecular formula is C12H13N3O4. The van der Waals surface area contributed by atoms with E-state index in [1.165, 1.54) is 23.2 Å². The smallest absolute Gasteiger partial charge is 0.265 e. The summed E-state index contributed by atoms with van der Waals surface area (Å²) < 4.78 is 5.20. The largest absolute Gasteiger partial charge is 0.480 e. The third-order valence-corrected chi connectivity index (χ3v) is 2.60. The second-order valence-corrected chi connectivity index (χ2v) is 3.89. The maximum absolute atomic E-state index is 11.8. The summed E-state index contributed by atoms with van der Waals surface area (Å²) >= 11 is 0. The summed E-state index contributed by atoms with van der Waals surface area (Å²) in [5.41, 5.74) is 0.528. The first-order valence-electron chi connectivity index (χ1n) is 5.88. The number of rotatable bonds is 3. The summed E-state index contributed by atoms with van der Waals surface area (Å²) in [6.45, 7) is 2.26. The first kappa shape index (κ1) is 13.0. The minimum atomic E-state index is -0.464. The van der Waals surface area contributed by atoms with Gasteiger partial charge in [-0.1, -0.05) is 6.08 Å². The fourth-order valence-electron chi connectivity index (χ4n) is 1.75. The predicted octanol–water partition coefficient (Wildman–Crippen LogP) is 1.57. The molecule has 19 heavy (non-hydrogen) atoms. The molecule has 2 aliphatic rings. The number of carbonyl (C=O) groups is 1. The zero-order valence-electron chi connectivity index (χ0n) is 10.4. The summed E-state index contributed by atoms with van der Waals surface area (Å²) in [6.07, 6.45) is 6.56. The molecule has 1 aliphatic heterocycles. The number of nitro groups is 1. The Bertz CT molecular complexity index is 531. The molecule has 0 N–H and O–H groups in total. The van der Waals surface area contributed by atoms with E-state index in [-0.39, 0.29) is 18.0 Å². The number of ether oxygens (including phenoxy) is 1. The number of nitrogens with zero attached hydrogens (tertiary/aromatic N) is 3. The van der Waals surface area contributed by atoms with Crippen LogP contribution < -0.4 is 0 Å². The van der Waals surface area contributed by atoms with Crippen molar-refractivity contribution in [3.63, 3.8) is 0 Å². The third kappa shape index (κ3) is 2.87. The standard InChI is InChI=1S/C12H13N3O4/c1-2-19-11-8-12(16)14(13-11)9-4-3-5-10(7-6-9)15(17)18/h4-7H,2-3,8H2,1H3. The Morgan fingerprint density at radius 1 is 1.47 bits per heavy atom. The van der Waals surface area contributed by atoms with Gasteiger partial charge in [-0.05, 0) is 25.5 Å². The van der Waals surface area contributed by atoms with E-state index in [0.717, 1.165) is 0 Å². The van der Waals surface area contributed by atoms with E-state index in [1.54, 1.807) is 6.08 Å². The van der Waals surface area contributed by atoms with Crippen molar-refractivity contribution < 1.29 is 14.5 Å². The minimum Gasteiger partial charge on any atom is -0.480 e. The number of carbonyl (C=O) groups excluding carboxylic acids is 1. The maximum Gasteiger partial charge on any atom is 0.265 e. The Morgan fingerprint density at radius 3 is 2.95 bits per heavy atom. The molecule has 0 spiro atoms. The molecule has 0 unspecified atom stereocenters. The third-order valence-electron chi connectivity index (χ3n) is 2.60. The van der Waals surface area contributed by atoms with Crippen LogP contribution in [-0.4, -0.2) is 28.3 Å². The Hall–Kier alpha value is -2.44. The van der Waals surface area contributed by atoms with Gasteiger partial charge in [0.05, 0.1) is 17.2 Å². The van der Waals surface area contributed by atoms with Gasteiger partial charge in [-0.3, -0.25) is 14.9 Å². The van der Waals surface area contributed by atoms with Crippen molar-refractivity contribution in [2.75, 3.05) is 6.61 Å². The molecule has 0 fully saturated rings. The Kier molecular flexibility index (Phi) is 3.74. The van der Waals surface area contributed by atoms with Gasteiger partial charge in [0.1, 0.15) is 6.42 Å². The molecular weight excluding hydrogens is 250 g/mol. The minimum absolute atomic E-state index is 0.00640. The highest BCUT2D eigenvalue weighted by molar-refractivity contribution is 6.02. The molecule has 7 heteroatoms. The molecule has 100 valence electrons. The maximum atomic E-state index is 11.8. The van der Waals surface area contributed by atoms with E-state index in [2.05, 4.69) is 5.10 Å². The number of allylic oxidation sites excluding steroid dienone is 4. The highest BCUT2D eigenvalue weighted by atomic mass is 16.6. The van der Waals surface area contributed by atoms with Gasteiger partial charge in [-0.15, -0.1) is 5.10 Å². The lowest BCUT2D eigenvalue weighted by Crippen LogP contribution is -2.19. The fourth-order valence-corrected chi connectivity index (χ4v) is 1.75. The van der Waals surface area contributed by atoms with Gasteiger partial charge in [-0.2, -0.15) is 5.01 Å². The number of hydrazone groups is 1. The van der Waals surface area contributed by atoms with Gasteiger partial charge < -0.3 is 4.74 Å². The lowest BCUT2D eigenvalue weighted by Gasteiger charge is -2.11. The van der Waals surface area contributed by atoms with Gasteiger partial charge in [0.25, 0.3) is 11.6 Å². The number of hydrogen-bond donors (Lipinski definition) is 0. The number of amides is 1. The van der Waals surface area contributed by atoms with Gasteiger partial charge in [0, 0.05) is 6.08 Å². The molecule has 1 heterocycles. The van der Waals surface area contributed by atoms with Crippen molar-refractivity contribution in [2.24, 2.45) is 5.10 Å². The molecule has 1 aliphatic carbocycles. The van der Waals surface area contributed by atoms with Gasteiger partial charge in [-0.25, -0.2) is 0 Å². The van der Waals surface area contributed by atoms with E-state index < -0.39 is 4.92 Å². The van der Waals surface area contributed by atoms with Crippen molar-refractivity contribution in [2.45, 2.75) is 19.8 Å². The SMILES string of the molecule is CCOC1=NN(C2=CCC=C([N+](=O)[O-])C=C2)C(=O)C1. The fraction of sp³-hybridized carbons (Fsp3) is 0.333. The second-order valence-electron chi connectivity index (χ2n) is 3.89. The molecule has 0 saturated carbocycles. The highest BCUT2D eigenvalue weighted by Crippen LogP contribution is 2.20. The molecule has 7 nitrogen and oxygen atoms in total. The van der Waals surface area contributed by atoms with Crippen LogP contribution in [0, 0.1) is 10.1 Å². The number of hydrogen-bond acceptors (Lipinski definition) is 5. The average Bonchev–Trinajstić information content (AvgIpc) is 2.61. The molecule has 0 aromatic rings. The van der Waals surface area contributed by atoms with Crippen LogP contribution in [0.15, 0.2) is 40.8 Å². The van der Waals surface area contributed by atoms with Gasteiger partial charge in [0.2, 0.25) is 5.90 Å². The van der Waals surface area contributed by atoms with Crippen LogP contribution in [0.4, 0.5) is 0 Å². The quantitative estimate of drug-likeness (QED) is 0.571. The van der Waals surface area contributed by atoms with Crippen molar-refractivity contribution in [3.8, 4) is 0 Å². The van der Waals surface area contributed by atoms with E-state index in [1.807, 2.05) is 6.92 Å². The van der Waals surface area contributed by atoms with Crippen LogP contribution in [0.2, 0.25) is 0 Å². The van der Waals surface area contributed by atoms with Crippen molar-refractivity contribution in [3.05, 3.63) is 45.8 Å². The Labute approximate surface area is 109 Å². The predicted molar refractivity (Wildman–Crippen MR) is 67.4 cm³/mol. The highest BCUT2D eigenvalue weighted by Gasteiger charge is 2.27. The van der Waals surface area contributed by atoms with Crippen LogP contribution >= 0.6 is 0 Å². The van der Waals surface area contributed by atoms with Gasteiger partial charge >= 0.3 is 0 Å². The molecule has 0 saturated heterocycles. The van der Waals surface area contributed by atoms with Crippen molar-refractivity contribution in [1.82, 2.24) is 5.01 Å². The normalized spacial score (nSPS) is 18.7. The Morgan fingerprint density at radius 2 is 2.26 bits per heavy atom. The van der Waals surface area contributed by atoms with Crippen molar-refractivity contribution >= 4 is 11.8 Å². The molecule has 0 aromatic carbocycles. The van der Waals surface area contributed by atoms with E-state index >= 15 is 0 Å². The molecule has 0 aromatic heterocycles. The van der Waals surface area contributed by atoms with Crippen LogP contribution in [0.1, 0.15) is 19.8 Å². The second kappa shape index (κ2) is 5.47. The van der Waals surface area contributed by atoms with Crippen LogP contribution in [-0.2, 0) is 9.53 Å². The van der Waals surface area contributed by atoms with Crippen LogP contribution in [0.25, 0.3) is 0 Å². The molecule has 0 radical (unpaired) electrons. The molecule has 0 atom stereocenters. The average molecular weight is 263 g/mol. The van der Waals surface area contributed by atoms with Crippen LogP contribution in [0.5, 0.6) is 0 Å². The molecule has 0 bridgehead atoms. The zero-order chi connectivity index (χ0) is 13.8. The van der Waals surface area contributed by atoms with E-state index in [9.17, 15) is 14.9 Å². The topological polar surface area (TPSA) is 85.0 Å². The summed E-state index contributed by atoms with van der Waals surface area (Å²) in [5, 5.41) is 16.0. The summed E-state index contributed by atoms with van der Waals surface area (Å²) in [5.74, 6) is 0.164. The molecule has 1 amide bonds.